The summed E-state index contributed by atoms with van der Waals surface area (Å²) in [6.07, 6.45) is 4.79. The molecular formula is C12H14BrN3. The number of hydrogen-bond acceptors (Lipinski definition) is 2. The highest BCUT2D eigenvalue weighted by Gasteiger charge is 2.24. The first-order chi connectivity index (χ1) is 7.54. The molecule has 2 aromatic rings. The fourth-order valence-corrected chi connectivity index (χ4v) is 2.12. The van der Waals surface area contributed by atoms with E-state index < -0.39 is 0 Å². The van der Waals surface area contributed by atoms with E-state index in [0.717, 1.165) is 22.4 Å². The van der Waals surface area contributed by atoms with E-state index >= 15 is 0 Å². The zero-order valence-electron chi connectivity index (χ0n) is 9.44. The lowest BCUT2D eigenvalue weighted by Crippen LogP contribution is -2.19. The number of rotatable bonds is 3. The second-order valence-electron chi connectivity index (χ2n) is 4.48. The highest BCUT2D eigenvalue weighted by atomic mass is 79.9. The molecule has 0 aliphatic rings. The van der Waals surface area contributed by atoms with Gasteiger partial charge in [-0.15, -0.1) is 16.8 Å². The lowest BCUT2D eigenvalue weighted by Gasteiger charge is -2.20. The molecule has 16 heavy (non-hydrogen) atoms. The third kappa shape index (κ3) is 1.89. The second-order valence-corrected chi connectivity index (χ2v) is 5.39. The van der Waals surface area contributed by atoms with Crippen LogP contribution < -0.4 is 0 Å². The van der Waals surface area contributed by atoms with Crippen LogP contribution in [0.5, 0.6) is 0 Å². The van der Waals surface area contributed by atoms with Crippen LogP contribution in [0.1, 0.15) is 26.1 Å². The van der Waals surface area contributed by atoms with Crippen molar-refractivity contribution >= 4 is 21.6 Å². The monoisotopic (exact) mass is 279 g/mol. The number of halogens is 1. The molecule has 84 valence electrons. The molecule has 2 aromatic heterocycles. The van der Waals surface area contributed by atoms with Crippen molar-refractivity contribution in [2.75, 3.05) is 0 Å². The molecule has 4 heteroatoms. The average Bonchev–Trinajstić information content (AvgIpc) is 2.60. The summed E-state index contributed by atoms with van der Waals surface area (Å²) in [6, 6.07) is 3.92. The maximum absolute atomic E-state index is 4.27. The van der Waals surface area contributed by atoms with E-state index in [9.17, 15) is 0 Å². The van der Waals surface area contributed by atoms with E-state index in [1.807, 2.05) is 28.8 Å². The molecular weight excluding hydrogens is 266 g/mol. The smallest absolute Gasteiger partial charge is 0.160 e. The Balaban J connectivity index is 2.60. The zero-order valence-corrected chi connectivity index (χ0v) is 11.0. The van der Waals surface area contributed by atoms with Gasteiger partial charge >= 0.3 is 0 Å². The van der Waals surface area contributed by atoms with Gasteiger partial charge in [-0.05, 0) is 34.5 Å². The fraction of sp³-hybridized carbons (Fsp3) is 0.333. The Labute approximate surface area is 103 Å². The Hall–Kier alpha value is -1.16. The van der Waals surface area contributed by atoms with Crippen LogP contribution in [0, 0.1) is 0 Å². The summed E-state index contributed by atoms with van der Waals surface area (Å²) in [5, 5.41) is 8.44. The summed E-state index contributed by atoms with van der Waals surface area (Å²) < 4.78 is 3.04. The second kappa shape index (κ2) is 4.01. The summed E-state index contributed by atoms with van der Waals surface area (Å²) in [5.74, 6) is 0.962. The standard InChI is InChI=1S/C12H14BrN3/c1-4-7-12(2,3)11-15-14-10-6-5-9(13)8-16(10)11/h4-6,8H,1,7H2,2-3H3. The lowest BCUT2D eigenvalue weighted by atomic mass is 9.88. The van der Waals surface area contributed by atoms with Gasteiger partial charge in [0, 0.05) is 16.1 Å². The molecule has 0 fully saturated rings. The molecule has 0 saturated heterocycles. The normalized spacial score (nSPS) is 11.9. The molecule has 0 amide bonds. The van der Waals surface area contributed by atoms with Crippen LogP contribution in [-0.4, -0.2) is 14.6 Å². The van der Waals surface area contributed by atoms with Gasteiger partial charge in [0.05, 0.1) is 0 Å². The van der Waals surface area contributed by atoms with Crippen LogP contribution >= 0.6 is 15.9 Å². The molecule has 0 spiro atoms. The third-order valence-electron chi connectivity index (χ3n) is 2.63. The number of pyridine rings is 1. The minimum atomic E-state index is -0.0536. The van der Waals surface area contributed by atoms with Crippen molar-refractivity contribution in [3.63, 3.8) is 0 Å². The molecule has 0 unspecified atom stereocenters. The number of allylic oxidation sites excluding steroid dienone is 1. The summed E-state index contributed by atoms with van der Waals surface area (Å²) in [5.41, 5.74) is 0.817. The Kier molecular flexibility index (Phi) is 2.84. The molecule has 2 heterocycles. The van der Waals surface area contributed by atoms with Crippen molar-refractivity contribution in [1.29, 1.82) is 0 Å². The van der Waals surface area contributed by atoms with Crippen LogP contribution in [-0.2, 0) is 5.41 Å². The zero-order chi connectivity index (χ0) is 11.8. The molecule has 0 aliphatic heterocycles. The number of fused-ring (bicyclic) bond motifs is 1. The summed E-state index contributed by atoms with van der Waals surface area (Å²) in [7, 11) is 0. The largest absolute Gasteiger partial charge is 0.285 e. The van der Waals surface area contributed by atoms with Gasteiger partial charge in [-0.25, -0.2) is 0 Å². The third-order valence-corrected chi connectivity index (χ3v) is 3.10. The van der Waals surface area contributed by atoms with Gasteiger partial charge in [-0.1, -0.05) is 19.9 Å². The van der Waals surface area contributed by atoms with E-state index in [2.05, 4.69) is 46.6 Å². The highest BCUT2D eigenvalue weighted by molar-refractivity contribution is 9.10. The summed E-state index contributed by atoms with van der Waals surface area (Å²) >= 11 is 3.46. The van der Waals surface area contributed by atoms with Crippen molar-refractivity contribution in [1.82, 2.24) is 14.6 Å². The predicted molar refractivity (Wildman–Crippen MR) is 68.5 cm³/mol. The fourth-order valence-electron chi connectivity index (χ4n) is 1.78. The van der Waals surface area contributed by atoms with Crippen LogP contribution in [0.3, 0.4) is 0 Å². The Morgan fingerprint density at radius 1 is 1.44 bits per heavy atom. The molecule has 3 nitrogen and oxygen atoms in total. The first-order valence-corrected chi connectivity index (χ1v) is 5.95. The Morgan fingerprint density at radius 3 is 2.88 bits per heavy atom. The van der Waals surface area contributed by atoms with Crippen molar-refractivity contribution in [3.05, 3.63) is 41.3 Å². The van der Waals surface area contributed by atoms with Gasteiger partial charge in [0.25, 0.3) is 0 Å². The van der Waals surface area contributed by atoms with E-state index in [1.165, 1.54) is 0 Å². The SMILES string of the molecule is C=CCC(C)(C)c1nnc2ccc(Br)cn12. The van der Waals surface area contributed by atoms with Crippen LogP contribution in [0.4, 0.5) is 0 Å². The number of aromatic nitrogens is 3. The average molecular weight is 280 g/mol. The number of nitrogens with zero attached hydrogens (tertiary/aromatic N) is 3. The molecule has 0 aromatic carbocycles. The molecule has 0 bridgehead atoms. The molecule has 0 radical (unpaired) electrons. The minimum absolute atomic E-state index is 0.0536. The van der Waals surface area contributed by atoms with Crippen LogP contribution in [0.15, 0.2) is 35.5 Å². The quantitative estimate of drug-likeness (QED) is 0.807. The molecule has 0 aliphatic carbocycles. The van der Waals surface area contributed by atoms with Gasteiger partial charge in [0.1, 0.15) is 5.82 Å². The first-order valence-electron chi connectivity index (χ1n) is 5.16. The molecule has 0 atom stereocenters. The molecule has 2 rings (SSSR count). The van der Waals surface area contributed by atoms with Crippen LogP contribution in [0.25, 0.3) is 5.65 Å². The topological polar surface area (TPSA) is 30.2 Å². The van der Waals surface area contributed by atoms with Crippen LogP contribution in [0.2, 0.25) is 0 Å². The molecule has 0 saturated carbocycles. The van der Waals surface area contributed by atoms with Gasteiger partial charge in [-0.3, -0.25) is 4.40 Å². The number of hydrogen-bond donors (Lipinski definition) is 0. The minimum Gasteiger partial charge on any atom is -0.285 e. The maximum Gasteiger partial charge on any atom is 0.160 e. The Bertz CT molecular complexity index is 528. The van der Waals surface area contributed by atoms with Crippen molar-refractivity contribution in [2.24, 2.45) is 0 Å². The first kappa shape index (κ1) is 11.3. The van der Waals surface area contributed by atoms with Gasteiger partial charge < -0.3 is 0 Å². The summed E-state index contributed by atoms with van der Waals surface area (Å²) in [4.78, 5) is 0. The van der Waals surface area contributed by atoms with Gasteiger partial charge in [0.2, 0.25) is 0 Å². The van der Waals surface area contributed by atoms with E-state index in [1.54, 1.807) is 0 Å². The molecule has 0 N–H and O–H groups in total. The van der Waals surface area contributed by atoms with E-state index in [-0.39, 0.29) is 5.41 Å². The van der Waals surface area contributed by atoms with Gasteiger partial charge in [0.15, 0.2) is 5.65 Å². The van der Waals surface area contributed by atoms with E-state index in [4.69, 9.17) is 0 Å². The van der Waals surface area contributed by atoms with E-state index in [0.29, 0.717) is 0 Å². The van der Waals surface area contributed by atoms with Crippen molar-refractivity contribution in [2.45, 2.75) is 25.7 Å². The summed E-state index contributed by atoms with van der Waals surface area (Å²) in [6.45, 7) is 8.08. The maximum atomic E-state index is 4.27. The van der Waals surface area contributed by atoms with Gasteiger partial charge in [-0.2, -0.15) is 0 Å². The Morgan fingerprint density at radius 2 is 2.19 bits per heavy atom. The predicted octanol–water partition coefficient (Wildman–Crippen LogP) is 3.35. The highest BCUT2D eigenvalue weighted by Crippen LogP contribution is 2.26. The lowest BCUT2D eigenvalue weighted by molar-refractivity contribution is 0.491. The van der Waals surface area contributed by atoms with Crippen molar-refractivity contribution < 1.29 is 0 Å². The van der Waals surface area contributed by atoms with Crippen molar-refractivity contribution in [3.8, 4) is 0 Å².